The number of aliphatic hydroxyl groups excluding tert-OH is 1. The summed E-state index contributed by atoms with van der Waals surface area (Å²) >= 11 is 0. The smallest absolute Gasteiger partial charge is 0.326 e. The number of amides is 4. The van der Waals surface area contributed by atoms with E-state index in [-0.39, 0.29) is 19.3 Å². The number of nitrogens with two attached hydrogens (primary N) is 2. The van der Waals surface area contributed by atoms with Gasteiger partial charge < -0.3 is 37.6 Å². The van der Waals surface area contributed by atoms with Gasteiger partial charge in [-0.1, -0.05) is 30.3 Å². The number of nitrogens with one attached hydrogen (secondary N) is 3. The van der Waals surface area contributed by atoms with E-state index in [4.69, 9.17) is 11.5 Å². The molecule has 12 nitrogen and oxygen atoms in total. The van der Waals surface area contributed by atoms with Gasteiger partial charge in [0.25, 0.3) is 0 Å². The summed E-state index contributed by atoms with van der Waals surface area (Å²) in [6, 6.07) is 4.91. The van der Waals surface area contributed by atoms with Gasteiger partial charge in [0.05, 0.1) is 12.6 Å². The van der Waals surface area contributed by atoms with Crippen LogP contribution in [-0.4, -0.2) is 70.6 Å². The molecule has 4 amide bonds. The summed E-state index contributed by atoms with van der Waals surface area (Å²) in [5, 5.41) is 25.6. The summed E-state index contributed by atoms with van der Waals surface area (Å²) in [6.45, 7) is 0.726. The predicted octanol–water partition coefficient (Wildman–Crippen LogP) is -2.63. The third-order valence-electron chi connectivity index (χ3n) is 4.47. The SMILES string of the molecule is CC(O)C(N)C(=O)NC(CCC(N)=O)C(=O)NCC(=O)NC(Cc1ccccc1)C(=O)O. The maximum absolute atomic E-state index is 12.4. The number of rotatable bonds is 13. The van der Waals surface area contributed by atoms with Crippen LogP contribution in [0.5, 0.6) is 0 Å². The van der Waals surface area contributed by atoms with Crippen molar-refractivity contribution in [3.05, 3.63) is 35.9 Å². The first-order chi connectivity index (χ1) is 15.0. The molecule has 0 heterocycles. The van der Waals surface area contributed by atoms with E-state index >= 15 is 0 Å². The van der Waals surface area contributed by atoms with Gasteiger partial charge in [-0.15, -0.1) is 0 Å². The summed E-state index contributed by atoms with van der Waals surface area (Å²) in [5.41, 5.74) is 11.3. The van der Waals surface area contributed by atoms with Crippen LogP contribution in [0.25, 0.3) is 0 Å². The fourth-order valence-corrected chi connectivity index (χ4v) is 2.63. The molecule has 0 saturated heterocycles. The van der Waals surface area contributed by atoms with Crippen LogP contribution < -0.4 is 27.4 Å². The second-order valence-corrected chi connectivity index (χ2v) is 7.20. The quantitative estimate of drug-likeness (QED) is 0.168. The van der Waals surface area contributed by atoms with Gasteiger partial charge in [0.15, 0.2) is 0 Å². The van der Waals surface area contributed by atoms with Crippen molar-refractivity contribution in [1.82, 2.24) is 16.0 Å². The Labute approximate surface area is 184 Å². The highest BCUT2D eigenvalue weighted by Gasteiger charge is 2.27. The largest absolute Gasteiger partial charge is 0.480 e. The zero-order chi connectivity index (χ0) is 24.3. The third-order valence-corrected chi connectivity index (χ3v) is 4.47. The van der Waals surface area contributed by atoms with Crippen molar-refractivity contribution >= 4 is 29.6 Å². The Morgan fingerprint density at radius 2 is 1.62 bits per heavy atom. The Morgan fingerprint density at radius 1 is 1.00 bits per heavy atom. The number of benzene rings is 1. The molecular weight excluding hydrogens is 422 g/mol. The van der Waals surface area contributed by atoms with Crippen molar-refractivity contribution < 1.29 is 34.2 Å². The zero-order valence-corrected chi connectivity index (χ0v) is 17.6. The van der Waals surface area contributed by atoms with Crippen molar-refractivity contribution in [1.29, 1.82) is 0 Å². The van der Waals surface area contributed by atoms with Gasteiger partial charge in [0.2, 0.25) is 23.6 Å². The Balaban J connectivity index is 2.69. The fraction of sp³-hybridized carbons (Fsp3) is 0.450. The van der Waals surface area contributed by atoms with E-state index in [0.717, 1.165) is 0 Å². The number of carboxylic acids is 1. The monoisotopic (exact) mass is 451 g/mol. The number of aliphatic hydroxyl groups is 1. The van der Waals surface area contributed by atoms with Crippen LogP contribution in [0.4, 0.5) is 0 Å². The molecular formula is C20H29N5O7. The van der Waals surface area contributed by atoms with Crippen LogP contribution >= 0.6 is 0 Å². The number of carboxylic acid groups (broad SMARTS) is 1. The first-order valence-corrected chi connectivity index (χ1v) is 9.87. The van der Waals surface area contributed by atoms with Gasteiger partial charge >= 0.3 is 5.97 Å². The van der Waals surface area contributed by atoms with Crippen LogP contribution in [0.3, 0.4) is 0 Å². The number of carbonyl (C=O) groups is 5. The van der Waals surface area contributed by atoms with Crippen molar-refractivity contribution in [2.75, 3.05) is 6.54 Å². The molecule has 1 aromatic rings. The minimum Gasteiger partial charge on any atom is -0.480 e. The van der Waals surface area contributed by atoms with E-state index < -0.39 is 60.4 Å². The molecule has 0 aromatic heterocycles. The van der Waals surface area contributed by atoms with Gasteiger partial charge in [-0.3, -0.25) is 19.2 Å². The molecule has 9 N–H and O–H groups in total. The highest BCUT2D eigenvalue weighted by molar-refractivity contribution is 5.93. The highest BCUT2D eigenvalue weighted by Crippen LogP contribution is 2.04. The van der Waals surface area contributed by atoms with E-state index in [1.165, 1.54) is 6.92 Å². The average Bonchev–Trinajstić information content (AvgIpc) is 2.74. The Kier molecular flexibility index (Phi) is 10.8. The topological polar surface area (TPSA) is 214 Å². The molecule has 4 unspecified atom stereocenters. The van der Waals surface area contributed by atoms with Crippen LogP contribution in [0.1, 0.15) is 25.3 Å². The van der Waals surface area contributed by atoms with Crippen LogP contribution in [0.2, 0.25) is 0 Å². The lowest BCUT2D eigenvalue weighted by Gasteiger charge is -2.21. The lowest BCUT2D eigenvalue weighted by atomic mass is 10.1. The van der Waals surface area contributed by atoms with E-state index in [0.29, 0.717) is 5.56 Å². The van der Waals surface area contributed by atoms with Gasteiger partial charge in [0, 0.05) is 12.8 Å². The van der Waals surface area contributed by atoms with Crippen molar-refractivity contribution in [3.8, 4) is 0 Å². The summed E-state index contributed by atoms with van der Waals surface area (Å²) in [4.78, 5) is 59.1. The molecule has 1 aromatic carbocycles. The third kappa shape index (κ3) is 9.53. The first kappa shape index (κ1) is 26.5. The summed E-state index contributed by atoms with van der Waals surface area (Å²) in [7, 11) is 0. The van der Waals surface area contributed by atoms with Crippen LogP contribution in [-0.2, 0) is 30.4 Å². The number of primary amides is 1. The summed E-state index contributed by atoms with van der Waals surface area (Å²) in [6.07, 6.45) is -1.53. The van der Waals surface area contributed by atoms with Crippen LogP contribution in [0.15, 0.2) is 30.3 Å². The number of carbonyl (C=O) groups excluding carboxylic acids is 4. The van der Waals surface area contributed by atoms with Gasteiger partial charge in [-0.05, 0) is 18.9 Å². The summed E-state index contributed by atoms with van der Waals surface area (Å²) < 4.78 is 0. The van der Waals surface area contributed by atoms with E-state index in [1.54, 1.807) is 30.3 Å². The normalized spacial score (nSPS) is 14.3. The molecule has 0 bridgehead atoms. The summed E-state index contributed by atoms with van der Waals surface area (Å²) in [5.74, 6) is -4.35. The second-order valence-electron chi connectivity index (χ2n) is 7.20. The zero-order valence-electron chi connectivity index (χ0n) is 17.6. The fourth-order valence-electron chi connectivity index (χ4n) is 2.63. The number of hydrogen-bond acceptors (Lipinski definition) is 7. The van der Waals surface area contributed by atoms with Crippen molar-refractivity contribution in [3.63, 3.8) is 0 Å². The first-order valence-electron chi connectivity index (χ1n) is 9.87. The van der Waals surface area contributed by atoms with Crippen molar-refractivity contribution in [2.45, 2.75) is 50.4 Å². The molecule has 0 aliphatic heterocycles. The minimum absolute atomic E-state index is 0.0460. The molecule has 0 fully saturated rings. The molecule has 0 saturated carbocycles. The molecule has 1 rings (SSSR count). The number of aliphatic carboxylic acids is 1. The maximum atomic E-state index is 12.4. The second kappa shape index (κ2) is 13.0. The van der Waals surface area contributed by atoms with Gasteiger partial charge in [-0.2, -0.15) is 0 Å². The maximum Gasteiger partial charge on any atom is 0.326 e. The molecule has 0 aliphatic carbocycles. The highest BCUT2D eigenvalue weighted by atomic mass is 16.4. The van der Waals surface area contributed by atoms with Gasteiger partial charge in [0.1, 0.15) is 18.1 Å². The molecule has 4 atom stereocenters. The molecule has 12 heteroatoms. The van der Waals surface area contributed by atoms with E-state index in [1.807, 2.05) is 0 Å². The molecule has 32 heavy (non-hydrogen) atoms. The lowest BCUT2D eigenvalue weighted by Crippen LogP contribution is -2.55. The Bertz CT molecular complexity index is 816. The lowest BCUT2D eigenvalue weighted by molar-refractivity contribution is -0.141. The van der Waals surface area contributed by atoms with E-state index in [2.05, 4.69) is 16.0 Å². The Morgan fingerprint density at radius 3 is 2.16 bits per heavy atom. The number of hydrogen-bond donors (Lipinski definition) is 7. The minimum atomic E-state index is -1.31. The molecule has 0 aliphatic rings. The van der Waals surface area contributed by atoms with E-state index in [9.17, 15) is 34.2 Å². The molecule has 0 radical (unpaired) electrons. The average molecular weight is 451 g/mol. The van der Waals surface area contributed by atoms with Crippen LogP contribution in [0, 0.1) is 0 Å². The standard InChI is InChI=1S/C20H29N5O7/c1-11(26)17(22)19(30)25-13(7-8-15(21)27)18(29)23-10-16(28)24-14(20(31)32)9-12-5-3-2-4-6-12/h2-6,11,13-14,17,26H,7-10,22H2,1H3,(H2,21,27)(H,23,29)(H,24,28)(H,25,30)(H,31,32). The van der Waals surface area contributed by atoms with Crippen molar-refractivity contribution in [2.24, 2.45) is 11.5 Å². The molecule has 0 spiro atoms. The predicted molar refractivity (Wildman–Crippen MR) is 113 cm³/mol. The Hall–Kier alpha value is -3.51. The molecule has 176 valence electrons. The van der Waals surface area contributed by atoms with Gasteiger partial charge in [-0.25, -0.2) is 4.79 Å².